The molecule has 0 unspecified atom stereocenters. The van der Waals surface area contributed by atoms with E-state index in [-0.39, 0.29) is 5.75 Å². The Morgan fingerprint density at radius 3 is 2.43 bits per heavy atom. The van der Waals surface area contributed by atoms with E-state index in [1.165, 1.54) is 0 Å². The molecule has 0 aliphatic rings. The number of rotatable bonds is 3. The lowest BCUT2D eigenvalue weighted by Crippen LogP contribution is -1.90. The minimum atomic E-state index is 0.152. The highest BCUT2D eigenvalue weighted by Gasteiger charge is 2.08. The Labute approximate surface area is 83.6 Å². The molecular weight excluding hydrogens is 180 g/mol. The van der Waals surface area contributed by atoms with Crippen LogP contribution in [0.2, 0.25) is 0 Å². The molecule has 3 nitrogen and oxygen atoms in total. The Balaban J connectivity index is 3.27. The van der Waals surface area contributed by atoms with Gasteiger partial charge in [-0.25, -0.2) is 0 Å². The van der Waals surface area contributed by atoms with Crippen molar-refractivity contribution in [3.63, 3.8) is 0 Å². The van der Waals surface area contributed by atoms with E-state index in [1.807, 2.05) is 13.0 Å². The molecule has 14 heavy (non-hydrogen) atoms. The van der Waals surface area contributed by atoms with Crippen molar-refractivity contribution in [1.29, 1.82) is 0 Å². The number of phenols is 1. The third-order valence-corrected chi connectivity index (χ3v) is 1.88. The summed E-state index contributed by atoms with van der Waals surface area (Å²) < 4.78 is 10.1. The first-order valence-corrected chi connectivity index (χ1v) is 4.30. The van der Waals surface area contributed by atoms with Gasteiger partial charge in [-0.05, 0) is 6.92 Å². The summed E-state index contributed by atoms with van der Waals surface area (Å²) >= 11 is 0. The fourth-order valence-electron chi connectivity index (χ4n) is 1.21. The molecule has 0 atom stereocenters. The Morgan fingerprint density at radius 1 is 1.21 bits per heavy atom. The molecule has 0 aromatic heterocycles. The first-order chi connectivity index (χ1) is 6.72. The van der Waals surface area contributed by atoms with Crippen LogP contribution in [0.4, 0.5) is 0 Å². The van der Waals surface area contributed by atoms with Crippen LogP contribution in [0.25, 0.3) is 6.08 Å². The normalized spacial score (nSPS) is 10.5. The largest absolute Gasteiger partial charge is 0.507 e. The van der Waals surface area contributed by atoms with Crippen LogP contribution in [-0.4, -0.2) is 19.3 Å². The minimum Gasteiger partial charge on any atom is -0.507 e. The van der Waals surface area contributed by atoms with E-state index in [2.05, 4.69) is 0 Å². The fourth-order valence-corrected chi connectivity index (χ4v) is 1.21. The van der Waals surface area contributed by atoms with Gasteiger partial charge in [0.15, 0.2) is 0 Å². The van der Waals surface area contributed by atoms with E-state index in [0.717, 1.165) is 0 Å². The molecule has 0 fully saturated rings. The van der Waals surface area contributed by atoms with E-state index in [9.17, 15) is 5.11 Å². The van der Waals surface area contributed by atoms with E-state index in [0.29, 0.717) is 17.1 Å². The summed E-state index contributed by atoms with van der Waals surface area (Å²) in [6, 6.07) is 3.28. The number of allylic oxidation sites excluding steroid dienone is 1. The van der Waals surface area contributed by atoms with Crippen molar-refractivity contribution in [3.8, 4) is 17.2 Å². The summed E-state index contributed by atoms with van der Waals surface area (Å²) in [6.07, 6.45) is 3.62. The van der Waals surface area contributed by atoms with Gasteiger partial charge in [-0.15, -0.1) is 0 Å². The molecule has 0 bridgehead atoms. The molecule has 0 aliphatic heterocycles. The van der Waals surface area contributed by atoms with Gasteiger partial charge in [0.1, 0.15) is 17.2 Å². The van der Waals surface area contributed by atoms with Crippen molar-refractivity contribution in [2.75, 3.05) is 14.2 Å². The Kier molecular flexibility index (Phi) is 3.40. The van der Waals surface area contributed by atoms with Crippen LogP contribution in [0.15, 0.2) is 18.2 Å². The van der Waals surface area contributed by atoms with Gasteiger partial charge in [0, 0.05) is 12.1 Å². The zero-order valence-corrected chi connectivity index (χ0v) is 8.57. The van der Waals surface area contributed by atoms with E-state index in [1.54, 1.807) is 32.4 Å². The van der Waals surface area contributed by atoms with E-state index >= 15 is 0 Å². The number of hydrogen-bond donors (Lipinski definition) is 1. The number of phenolic OH excluding ortho intramolecular Hbond substituents is 1. The molecule has 0 saturated carbocycles. The molecule has 1 rings (SSSR count). The number of hydrogen-bond acceptors (Lipinski definition) is 3. The van der Waals surface area contributed by atoms with Gasteiger partial charge < -0.3 is 14.6 Å². The van der Waals surface area contributed by atoms with Crippen molar-refractivity contribution in [2.24, 2.45) is 0 Å². The lowest BCUT2D eigenvalue weighted by atomic mass is 10.1. The third kappa shape index (κ3) is 1.99. The number of ether oxygens (including phenoxy) is 2. The zero-order valence-electron chi connectivity index (χ0n) is 8.57. The van der Waals surface area contributed by atoms with Crippen LogP contribution in [0.3, 0.4) is 0 Å². The Morgan fingerprint density at radius 2 is 1.93 bits per heavy atom. The Hall–Kier alpha value is -1.64. The maximum absolute atomic E-state index is 9.65. The monoisotopic (exact) mass is 194 g/mol. The van der Waals surface area contributed by atoms with Gasteiger partial charge in [-0.3, -0.25) is 0 Å². The molecule has 0 saturated heterocycles. The van der Waals surface area contributed by atoms with Crippen LogP contribution in [0, 0.1) is 0 Å². The minimum absolute atomic E-state index is 0.152. The summed E-state index contributed by atoms with van der Waals surface area (Å²) in [5.74, 6) is 1.33. The van der Waals surface area contributed by atoms with Crippen LogP contribution in [0.1, 0.15) is 12.5 Å². The van der Waals surface area contributed by atoms with Crippen LogP contribution in [0.5, 0.6) is 17.2 Å². The second-order valence-corrected chi connectivity index (χ2v) is 2.76. The second-order valence-electron chi connectivity index (χ2n) is 2.76. The predicted octanol–water partition coefficient (Wildman–Crippen LogP) is 2.44. The lowest BCUT2D eigenvalue weighted by molar-refractivity contribution is 0.384. The topological polar surface area (TPSA) is 38.7 Å². The van der Waals surface area contributed by atoms with Gasteiger partial charge >= 0.3 is 0 Å². The second kappa shape index (κ2) is 4.56. The summed E-state index contributed by atoms with van der Waals surface area (Å²) in [7, 11) is 3.10. The van der Waals surface area contributed by atoms with E-state index in [4.69, 9.17) is 9.47 Å². The average molecular weight is 194 g/mol. The predicted molar refractivity (Wildman–Crippen MR) is 55.9 cm³/mol. The highest BCUT2D eigenvalue weighted by atomic mass is 16.5. The van der Waals surface area contributed by atoms with Crippen molar-refractivity contribution in [3.05, 3.63) is 23.8 Å². The summed E-state index contributed by atoms with van der Waals surface area (Å²) in [4.78, 5) is 0. The molecule has 76 valence electrons. The van der Waals surface area contributed by atoms with Crippen LogP contribution >= 0.6 is 0 Å². The van der Waals surface area contributed by atoms with Crippen molar-refractivity contribution < 1.29 is 14.6 Å². The molecule has 1 N–H and O–H groups in total. The van der Waals surface area contributed by atoms with Gasteiger partial charge in [0.05, 0.1) is 19.8 Å². The van der Waals surface area contributed by atoms with Crippen molar-refractivity contribution >= 4 is 6.08 Å². The number of methoxy groups -OCH3 is 2. The molecule has 3 heteroatoms. The van der Waals surface area contributed by atoms with Crippen molar-refractivity contribution in [1.82, 2.24) is 0 Å². The smallest absolute Gasteiger partial charge is 0.133 e. The third-order valence-electron chi connectivity index (χ3n) is 1.88. The summed E-state index contributed by atoms with van der Waals surface area (Å²) in [6.45, 7) is 1.88. The molecule has 1 aromatic rings. The van der Waals surface area contributed by atoms with E-state index < -0.39 is 0 Å². The van der Waals surface area contributed by atoms with Crippen LogP contribution in [-0.2, 0) is 0 Å². The first-order valence-electron chi connectivity index (χ1n) is 4.30. The quantitative estimate of drug-likeness (QED) is 0.803. The maximum atomic E-state index is 9.65. The zero-order chi connectivity index (χ0) is 10.6. The molecule has 0 radical (unpaired) electrons. The van der Waals surface area contributed by atoms with Crippen LogP contribution < -0.4 is 9.47 Å². The van der Waals surface area contributed by atoms with Gasteiger partial charge in [-0.1, -0.05) is 12.2 Å². The average Bonchev–Trinajstić information content (AvgIpc) is 2.20. The van der Waals surface area contributed by atoms with Gasteiger partial charge in [0.2, 0.25) is 0 Å². The molecular formula is C11H14O3. The summed E-state index contributed by atoms with van der Waals surface area (Å²) in [5.41, 5.74) is 0.663. The van der Waals surface area contributed by atoms with Gasteiger partial charge in [-0.2, -0.15) is 0 Å². The number of benzene rings is 1. The van der Waals surface area contributed by atoms with Gasteiger partial charge in [0.25, 0.3) is 0 Å². The highest BCUT2D eigenvalue weighted by molar-refractivity contribution is 5.65. The number of aromatic hydroxyl groups is 1. The lowest BCUT2D eigenvalue weighted by Gasteiger charge is -2.09. The summed E-state index contributed by atoms with van der Waals surface area (Å²) in [5, 5.41) is 9.65. The highest BCUT2D eigenvalue weighted by Crippen LogP contribution is 2.33. The standard InChI is InChI=1S/C11H14O3/c1-4-5-9-10(12)6-8(13-2)7-11(9)14-3/h4-7,12H,1-3H3/b5-4+. The first kappa shape index (κ1) is 10.4. The Bertz CT molecular complexity index is 343. The molecule has 1 aromatic carbocycles. The maximum Gasteiger partial charge on any atom is 0.133 e. The SMILES string of the molecule is C/C=C/c1c(O)cc(OC)cc1OC. The molecule has 0 amide bonds. The molecule has 0 heterocycles. The van der Waals surface area contributed by atoms with Crippen molar-refractivity contribution in [2.45, 2.75) is 6.92 Å². The fraction of sp³-hybridized carbons (Fsp3) is 0.273. The molecule has 0 spiro atoms. The molecule has 0 aliphatic carbocycles.